The average Bonchev–Trinajstić information content (AvgIpc) is 3.26. The van der Waals surface area contributed by atoms with E-state index in [0.29, 0.717) is 18.0 Å². The number of thioether (sulfide) groups is 1. The molecule has 0 aliphatic carbocycles. The molecule has 1 spiro atoms. The molecule has 0 saturated carbocycles. The Labute approximate surface area is 136 Å². The maximum atomic E-state index is 12.7. The van der Waals surface area contributed by atoms with Crippen LogP contribution in [0, 0.1) is 0 Å². The molecule has 118 valence electrons. The summed E-state index contributed by atoms with van der Waals surface area (Å²) < 4.78 is 1.54. The molecule has 2 aliphatic rings. The highest BCUT2D eigenvalue weighted by molar-refractivity contribution is 7.99. The van der Waals surface area contributed by atoms with Crippen molar-refractivity contribution in [3.8, 4) is 5.69 Å². The highest BCUT2D eigenvalue weighted by Crippen LogP contribution is 2.33. The van der Waals surface area contributed by atoms with Crippen molar-refractivity contribution in [3.05, 3.63) is 36.2 Å². The summed E-state index contributed by atoms with van der Waals surface area (Å²) in [5.74, 6) is 1.76. The van der Waals surface area contributed by atoms with E-state index in [1.165, 1.54) is 9.58 Å². The Hall–Kier alpha value is -2.42. The van der Waals surface area contributed by atoms with Crippen molar-refractivity contribution in [1.82, 2.24) is 30.4 Å². The number of nitrogens with one attached hydrogen (secondary N) is 1. The summed E-state index contributed by atoms with van der Waals surface area (Å²) in [6.45, 7) is 0.0545. The number of rotatable bonds is 3. The van der Waals surface area contributed by atoms with E-state index in [-0.39, 0.29) is 18.5 Å². The van der Waals surface area contributed by atoms with Crippen molar-refractivity contribution in [3.63, 3.8) is 0 Å². The van der Waals surface area contributed by atoms with Crippen molar-refractivity contribution in [2.45, 2.75) is 18.5 Å². The van der Waals surface area contributed by atoms with E-state index in [4.69, 9.17) is 0 Å². The third kappa shape index (κ3) is 2.27. The summed E-state index contributed by atoms with van der Waals surface area (Å²) in [4.78, 5) is 26.1. The van der Waals surface area contributed by atoms with E-state index in [1.807, 2.05) is 30.3 Å². The molecule has 23 heavy (non-hydrogen) atoms. The third-order valence-corrected chi connectivity index (χ3v) is 5.29. The first kappa shape index (κ1) is 14.2. The van der Waals surface area contributed by atoms with Crippen molar-refractivity contribution < 1.29 is 9.59 Å². The Bertz CT molecular complexity index is 756. The molecule has 3 amide bonds. The van der Waals surface area contributed by atoms with Crippen LogP contribution < -0.4 is 5.32 Å². The number of benzene rings is 1. The Morgan fingerprint density at radius 1 is 1.26 bits per heavy atom. The number of nitrogens with zero attached hydrogens (tertiary/aromatic N) is 5. The largest absolute Gasteiger partial charge is 0.325 e. The van der Waals surface area contributed by atoms with Gasteiger partial charge < -0.3 is 5.32 Å². The maximum absolute atomic E-state index is 12.7. The number of carbonyl (C=O) groups is 2. The van der Waals surface area contributed by atoms with Crippen LogP contribution in [0.3, 0.4) is 0 Å². The molecule has 2 aliphatic heterocycles. The lowest BCUT2D eigenvalue weighted by atomic mass is 9.99. The second-order valence-corrected chi connectivity index (χ2v) is 6.65. The Kier molecular flexibility index (Phi) is 3.29. The number of hydrogen-bond donors (Lipinski definition) is 1. The zero-order valence-corrected chi connectivity index (χ0v) is 13.0. The van der Waals surface area contributed by atoms with Crippen LogP contribution in [0.1, 0.15) is 12.2 Å². The smallest absolute Gasteiger partial charge is 0.322 e. The standard InChI is InChI=1S/C14H14N6O2S/c21-12-14(6-7-23-9-14)15-13(22)19(12)8-11-16-17-18-20(11)10-4-2-1-3-5-10/h1-5H,6-9H2,(H,15,22). The van der Waals surface area contributed by atoms with Crippen LogP contribution in [0.4, 0.5) is 4.79 Å². The number of urea groups is 1. The zero-order valence-electron chi connectivity index (χ0n) is 12.2. The molecule has 1 atom stereocenters. The van der Waals surface area contributed by atoms with Crippen LogP contribution in [0.15, 0.2) is 30.3 Å². The van der Waals surface area contributed by atoms with Gasteiger partial charge in [0, 0.05) is 5.75 Å². The van der Waals surface area contributed by atoms with Gasteiger partial charge in [-0.1, -0.05) is 18.2 Å². The van der Waals surface area contributed by atoms with Gasteiger partial charge in [0.1, 0.15) is 5.54 Å². The molecular formula is C14H14N6O2S. The molecule has 1 N–H and O–H groups in total. The molecule has 8 nitrogen and oxygen atoms in total. The SMILES string of the molecule is O=C1NC2(CCSC2)C(=O)N1Cc1nnnn1-c1ccccc1. The van der Waals surface area contributed by atoms with Crippen molar-refractivity contribution >= 4 is 23.7 Å². The van der Waals surface area contributed by atoms with Crippen LogP contribution in [0.25, 0.3) is 5.69 Å². The minimum Gasteiger partial charge on any atom is -0.322 e. The van der Waals surface area contributed by atoms with Gasteiger partial charge in [0.05, 0.1) is 12.2 Å². The van der Waals surface area contributed by atoms with Crippen LogP contribution in [-0.4, -0.2) is 54.1 Å². The third-order valence-electron chi connectivity index (χ3n) is 4.10. The van der Waals surface area contributed by atoms with Crippen LogP contribution in [0.2, 0.25) is 0 Å². The fourth-order valence-corrected chi connectivity index (χ4v) is 4.19. The molecule has 2 aromatic rings. The summed E-state index contributed by atoms with van der Waals surface area (Å²) in [7, 11) is 0. The van der Waals surface area contributed by atoms with Gasteiger partial charge in [-0.3, -0.25) is 9.69 Å². The van der Waals surface area contributed by atoms with E-state index in [2.05, 4.69) is 20.8 Å². The Morgan fingerprint density at radius 2 is 2.09 bits per heavy atom. The minimum atomic E-state index is -0.743. The molecule has 0 bridgehead atoms. The van der Waals surface area contributed by atoms with E-state index >= 15 is 0 Å². The lowest BCUT2D eigenvalue weighted by Gasteiger charge is -2.19. The number of carbonyl (C=O) groups excluding carboxylic acids is 2. The van der Waals surface area contributed by atoms with Gasteiger partial charge in [-0.25, -0.2) is 4.79 Å². The minimum absolute atomic E-state index is 0.0545. The lowest BCUT2D eigenvalue weighted by molar-refractivity contribution is -0.131. The predicted molar refractivity (Wildman–Crippen MR) is 82.9 cm³/mol. The fourth-order valence-electron chi connectivity index (χ4n) is 2.87. The monoisotopic (exact) mass is 330 g/mol. The highest BCUT2D eigenvalue weighted by Gasteiger charge is 2.53. The molecule has 1 aromatic carbocycles. The van der Waals surface area contributed by atoms with Gasteiger partial charge in [-0.2, -0.15) is 16.4 Å². The molecule has 2 saturated heterocycles. The average molecular weight is 330 g/mol. The van der Waals surface area contributed by atoms with Crippen LogP contribution in [0.5, 0.6) is 0 Å². The molecule has 1 aromatic heterocycles. The van der Waals surface area contributed by atoms with Gasteiger partial charge >= 0.3 is 6.03 Å². The quantitative estimate of drug-likeness (QED) is 0.828. The second-order valence-electron chi connectivity index (χ2n) is 5.55. The van der Waals surface area contributed by atoms with Gasteiger partial charge in [0.15, 0.2) is 5.82 Å². The predicted octanol–water partition coefficient (Wildman–Crippen LogP) is 0.590. The highest BCUT2D eigenvalue weighted by atomic mass is 32.2. The number of para-hydroxylation sites is 1. The number of tetrazole rings is 1. The summed E-state index contributed by atoms with van der Waals surface area (Å²) in [6, 6.07) is 8.99. The van der Waals surface area contributed by atoms with E-state index in [0.717, 1.165) is 11.4 Å². The van der Waals surface area contributed by atoms with Crippen LogP contribution >= 0.6 is 11.8 Å². The van der Waals surface area contributed by atoms with Crippen molar-refractivity contribution in [2.75, 3.05) is 11.5 Å². The summed E-state index contributed by atoms with van der Waals surface area (Å²) >= 11 is 1.68. The van der Waals surface area contributed by atoms with Crippen molar-refractivity contribution in [1.29, 1.82) is 0 Å². The Balaban J connectivity index is 1.61. The molecule has 9 heteroatoms. The van der Waals surface area contributed by atoms with Crippen LogP contribution in [-0.2, 0) is 11.3 Å². The first-order chi connectivity index (χ1) is 11.2. The van der Waals surface area contributed by atoms with Gasteiger partial charge in [0.25, 0.3) is 5.91 Å². The van der Waals surface area contributed by atoms with E-state index in [9.17, 15) is 9.59 Å². The number of hydrogen-bond acceptors (Lipinski definition) is 6. The zero-order chi connectivity index (χ0) is 15.9. The molecule has 0 radical (unpaired) electrons. The number of amides is 3. The number of imide groups is 1. The normalized spacial score (nSPS) is 23.7. The lowest BCUT2D eigenvalue weighted by Crippen LogP contribution is -2.47. The van der Waals surface area contributed by atoms with Gasteiger partial charge in [-0.15, -0.1) is 5.10 Å². The summed E-state index contributed by atoms with van der Waals surface area (Å²) in [5.41, 5.74) is 0.0398. The first-order valence-electron chi connectivity index (χ1n) is 7.24. The maximum Gasteiger partial charge on any atom is 0.325 e. The molecule has 3 heterocycles. The van der Waals surface area contributed by atoms with Gasteiger partial charge in [0.2, 0.25) is 0 Å². The van der Waals surface area contributed by atoms with Crippen molar-refractivity contribution in [2.24, 2.45) is 0 Å². The summed E-state index contributed by atoms with van der Waals surface area (Å²) in [5, 5.41) is 14.4. The summed E-state index contributed by atoms with van der Waals surface area (Å²) in [6.07, 6.45) is 0.669. The molecule has 2 fully saturated rings. The molecule has 1 unspecified atom stereocenters. The molecular weight excluding hydrogens is 316 g/mol. The topological polar surface area (TPSA) is 93.0 Å². The number of aromatic nitrogens is 4. The Morgan fingerprint density at radius 3 is 2.83 bits per heavy atom. The van der Waals surface area contributed by atoms with Gasteiger partial charge in [-0.05, 0) is 34.7 Å². The fraction of sp³-hybridized carbons (Fsp3) is 0.357. The van der Waals surface area contributed by atoms with E-state index in [1.54, 1.807) is 11.8 Å². The molecule has 4 rings (SSSR count). The van der Waals surface area contributed by atoms with E-state index < -0.39 is 5.54 Å². The first-order valence-corrected chi connectivity index (χ1v) is 8.40. The second kappa shape index (κ2) is 5.34.